The van der Waals surface area contributed by atoms with Crippen molar-refractivity contribution >= 4 is 19.4 Å². The molecule has 1 aromatic heterocycles. The van der Waals surface area contributed by atoms with Gasteiger partial charge in [-0.25, -0.2) is 0 Å². The maximum atomic E-state index is 10.8. The molecule has 0 spiro atoms. The molecule has 0 aliphatic rings. The first-order chi connectivity index (χ1) is 14.4. The van der Waals surface area contributed by atoms with Gasteiger partial charge in [0.1, 0.15) is 0 Å². The monoisotopic (exact) mass is 444 g/mol. The van der Waals surface area contributed by atoms with Crippen LogP contribution in [0.3, 0.4) is 0 Å². The number of thioether (sulfide) groups is 1. The minimum Gasteiger partial charge on any atom is -0.411 e. The largest absolute Gasteiger partial charge is 0.411 e. The van der Waals surface area contributed by atoms with E-state index in [0.717, 1.165) is 16.7 Å². The smallest absolute Gasteiger partial charge is 0.325 e. The normalized spacial score (nSPS) is 11.4. The Labute approximate surface area is 178 Å². The van der Waals surface area contributed by atoms with Gasteiger partial charge in [0, 0.05) is 17.9 Å². The summed E-state index contributed by atoms with van der Waals surface area (Å²) >= 11 is 1.41. The summed E-state index contributed by atoms with van der Waals surface area (Å²) in [6.07, 6.45) is 0.311. The number of hydrogen-bond acceptors (Lipinski definition) is 7. The van der Waals surface area contributed by atoms with E-state index in [0.29, 0.717) is 41.9 Å². The van der Waals surface area contributed by atoms with Crippen LogP contribution < -0.4 is 5.32 Å². The van der Waals surface area contributed by atoms with Crippen molar-refractivity contribution in [1.29, 1.82) is 5.26 Å². The zero-order valence-electron chi connectivity index (χ0n) is 16.1. The second-order valence-electron chi connectivity index (χ2n) is 6.59. The van der Waals surface area contributed by atoms with Crippen molar-refractivity contribution in [2.75, 3.05) is 12.7 Å². The van der Waals surface area contributed by atoms with Crippen LogP contribution in [0.4, 0.5) is 0 Å². The third kappa shape index (κ3) is 7.10. The Morgan fingerprint density at radius 1 is 1.13 bits per heavy atom. The highest BCUT2D eigenvalue weighted by Gasteiger charge is 2.11. The van der Waals surface area contributed by atoms with Gasteiger partial charge in [0.25, 0.3) is 5.22 Å². The zero-order valence-corrected chi connectivity index (χ0v) is 17.8. The fourth-order valence-corrected chi connectivity index (χ4v) is 3.94. The second kappa shape index (κ2) is 10.5. The Bertz CT molecular complexity index is 1060. The molecule has 0 saturated carbocycles. The van der Waals surface area contributed by atoms with Gasteiger partial charge < -0.3 is 19.5 Å². The van der Waals surface area contributed by atoms with E-state index in [1.165, 1.54) is 11.8 Å². The highest BCUT2D eigenvalue weighted by Crippen LogP contribution is 2.34. The van der Waals surface area contributed by atoms with Crippen molar-refractivity contribution in [2.45, 2.75) is 23.9 Å². The minimum absolute atomic E-state index is 0.111. The molecular weight excluding hydrogens is 423 g/mol. The lowest BCUT2D eigenvalue weighted by Gasteiger charge is -2.06. The highest BCUT2D eigenvalue weighted by molar-refractivity contribution is 7.98. The molecule has 3 aromatic rings. The van der Waals surface area contributed by atoms with Gasteiger partial charge in [-0.05, 0) is 48.4 Å². The minimum atomic E-state index is -3.92. The average Bonchev–Trinajstić information content (AvgIpc) is 3.21. The maximum Gasteiger partial charge on any atom is 0.325 e. The predicted octanol–water partition coefficient (Wildman–Crippen LogP) is 3.56. The predicted molar refractivity (Wildman–Crippen MR) is 114 cm³/mol. The van der Waals surface area contributed by atoms with Crippen LogP contribution in [-0.2, 0) is 16.9 Å². The lowest BCUT2D eigenvalue weighted by atomic mass is 10.1. The maximum absolute atomic E-state index is 10.8. The molecule has 0 aliphatic carbocycles. The molecule has 0 aliphatic heterocycles. The van der Waals surface area contributed by atoms with Gasteiger partial charge in [0.2, 0.25) is 5.89 Å². The molecule has 3 N–H and O–H groups in total. The van der Waals surface area contributed by atoms with Crippen LogP contribution in [0, 0.1) is 11.3 Å². The molecule has 0 fully saturated rings. The Balaban J connectivity index is 1.49. The number of nitrogens with one attached hydrogen (secondary N) is 1. The van der Waals surface area contributed by atoms with Crippen molar-refractivity contribution in [3.05, 3.63) is 65.2 Å². The molecule has 0 radical (unpaired) electrons. The first kappa shape index (κ1) is 22.2. The van der Waals surface area contributed by atoms with Crippen LogP contribution in [0.2, 0.25) is 0 Å². The van der Waals surface area contributed by atoms with E-state index in [-0.39, 0.29) is 6.16 Å². The molecule has 0 amide bonds. The molecule has 10 heteroatoms. The summed E-state index contributed by atoms with van der Waals surface area (Å²) in [6, 6.07) is 17.2. The van der Waals surface area contributed by atoms with E-state index in [1.807, 2.05) is 42.5 Å². The summed E-state index contributed by atoms with van der Waals surface area (Å²) in [5.41, 5.74) is 3.49. The van der Waals surface area contributed by atoms with Crippen LogP contribution in [0.25, 0.3) is 11.5 Å². The number of aromatic nitrogens is 2. The topological polar surface area (TPSA) is 132 Å². The third-order valence-electron chi connectivity index (χ3n) is 4.16. The van der Waals surface area contributed by atoms with Crippen LogP contribution in [0.1, 0.15) is 23.1 Å². The molecule has 0 atom stereocenters. The molecule has 8 nitrogen and oxygen atoms in total. The van der Waals surface area contributed by atoms with Crippen molar-refractivity contribution in [3.8, 4) is 17.5 Å². The fourth-order valence-electron chi connectivity index (χ4n) is 2.67. The van der Waals surface area contributed by atoms with Crippen molar-refractivity contribution in [3.63, 3.8) is 0 Å². The van der Waals surface area contributed by atoms with E-state index in [1.54, 1.807) is 6.07 Å². The average molecular weight is 444 g/mol. The lowest BCUT2D eigenvalue weighted by molar-refractivity contribution is 0.371. The number of hydrogen-bond donors (Lipinski definition) is 3. The number of rotatable bonds is 10. The highest BCUT2D eigenvalue weighted by atomic mass is 32.2. The summed E-state index contributed by atoms with van der Waals surface area (Å²) in [7, 11) is -3.92. The Morgan fingerprint density at radius 2 is 1.93 bits per heavy atom. The standard InChI is InChI=1S/C20H21N4O4PS/c21-12-16-3-1-4-17(11-16)14-30-20-24-23-19(28-20)18-7-5-15(6-8-18)13-22-9-2-10-29(25,26)27/h1,3-8,11,22H,2,9-10,13-14H2,(H2,25,26,27). The van der Waals surface area contributed by atoms with Gasteiger partial charge in [-0.2, -0.15) is 5.26 Å². The first-order valence-electron chi connectivity index (χ1n) is 9.23. The van der Waals surface area contributed by atoms with E-state index < -0.39 is 7.60 Å². The molecule has 0 bridgehead atoms. The quantitative estimate of drug-likeness (QED) is 0.244. The number of benzene rings is 2. The Kier molecular flexibility index (Phi) is 7.80. The zero-order chi connectivity index (χ0) is 21.4. The first-order valence-corrected chi connectivity index (χ1v) is 12.0. The fraction of sp³-hybridized carbons (Fsp3) is 0.250. The summed E-state index contributed by atoms with van der Waals surface area (Å²) in [4.78, 5) is 17.7. The van der Waals surface area contributed by atoms with Crippen molar-refractivity contribution in [1.82, 2.24) is 15.5 Å². The molecule has 156 valence electrons. The Hall–Kier alpha value is -2.47. The Morgan fingerprint density at radius 3 is 2.67 bits per heavy atom. The molecular formula is C20H21N4O4PS. The van der Waals surface area contributed by atoms with Gasteiger partial charge in [0.15, 0.2) is 0 Å². The van der Waals surface area contributed by atoms with E-state index in [4.69, 9.17) is 19.5 Å². The SMILES string of the molecule is N#Cc1cccc(CSc2nnc(-c3ccc(CNCCCP(=O)(O)O)cc3)o2)c1. The van der Waals surface area contributed by atoms with Gasteiger partial charge in [-0.15, -0.1) is 10.2 Å². The van der Waals surface area contributed by atoms with Gasteiger partial charge in [-0.3, -0.25) is 4.57 Å². The molecule has 0 unspecified atom stereocenters. The molecule has 1 heterocycles. The third-order valence-corrected chi connectivity index (χ3v) is 5.95. The van der Waals surface area contributed by atoms with E-state index in [9.17, 15) is 4.57 Å². The number of nitriles is 1. The van der Waals surface area contributed by atoms with Crippen LogP contribution in [0.15, 0.2) is 58.2 Å². The van der Waals surface area contributed by atoms with E-state index in [2.05, 4.69) is 21.6 Å². The lowest BCUT2D eigenvalue weighted by Crippen LogP contribution is -2.15. The summed E-state index contributed by atoms with van der Waals surface area (Å²) in [5, 5.41) is 20.7. The van der Waals surface area contributed by atoms with Gasteiger partial charge >= 0.3 is 7.60 Å². The summed E-state index contributed by atoms with van der Waals surface area (Å²) in [6.45, 7) is 1.14. The van der Waals surface area contributed by atoms with Crippen molar-refractivity contribution < 1.29 is 18.8 Å². The van der Waals surface area contributed by atoms with Crippen molar-refractivity contribution in [2.24, 2.45) is 0 Å². The molecule has 0 saturated heterocycles. The summed E-state index contributed by atoms with van der Waals surface area (Å²) in [5.74, 6) is 1.06. The van der Waals surface area contributed by atoms with Gasteiger partial charge in [-0.1, -0.05) is 36.0 Å². The van der Waals surface area contributed by atoms with E-state index >= 15 is 0 Å². The molecule has 3 rings (SSSR count). The molecule has 2 aromatic carbocycles. The number of nitrogens with zero attached hydrogens (tertiary/aromatic N) is 3. The van der Waals surface area contributed by atoms with Crippen LogP contribution >= 0.6 is 19.4 Å². The summed E-state index contributed by atoms with van der Waals surface area (Å²) < 4.78 is 16.5. The van der Waals surface area contributed by atoms with Crippen LogP contribution in [-0.4, -0.2) is 32.7 Å². The molecule has 30 heavy (non-hydrogen) atoms. The second-order valence-corrected chi connectivity index (χ2v) is 9.29. The van der Waals surface area contributed by atoms with Gasteiger partial charge in [0.05, 0.1) is 17.8 Å². The van der Waals surface area contributed by atoms with Crippen LogP contribution in [0.5, 0.6) is 0 Å².